The largest absolute Gasteiger partial charge is 0.311 e. The highest BCUT2D eigenvalue weighted by molar-refractivity contribution is 7.08. The lowest BCUT2D eigenvalue weighted by Crippen LogP contribution is -2.52. The van der Waals surface area contributed by atoms with E-state index in [4.69, 9.17) is 0 Å². The molecule has 2 nitrogen and oxygen atoms in total. The van der Waals surface area contributed by atoms with Gasteiger partial charge in [-0.2, -0.15) is 11.3 Å². The third kappa shape index (κ3) is 3.06. The Hall–Kier alpha value is -0.380. The molecule has 1 aromatic rings. The molecule has 2 heterocycles. The molecule has 2 rings (SSSR count). The summed E-state index contributed by atoms with van der Waals surface area (Å²) in [7, 11) is 0. The Morgan fingerprint density at radius 1 is 1.44 bits per heavy atom. The lowest BCUT2D eigenvalue weighted by Gasteiger charge is -2.35. The fraction of sp³-hybridized carbons (Fsp3) is 0.692. The van der Waals surface area contributed by atoms with Gasteiger partial charge in [-0.25, -0.2) is 0 Å². The number of hydrogen-bond donors (Lipinski definition) is 2. The van der Waals surface area contributed by atoms with Gasteiger partial charge in [0.2, 0.25) is 0 Å². The molecule has 2 N–H and O–H groups in total. The second-order valence-corrected chi connectivity index (χ2v) is 5.87. The lowest BCUT2D eigenvalue weighted by atomic mass is 9.91. The summed E-state index contributed by atoms with van der Waals surface area (Å²) in [4.78, 5) is 0. The maximum Gasteiger partial charge on any atom is 0.0278 e. The van der Waals surface area contributed by atoms with Crippen LogP contribution >= 0.6 is 11.3 Å². The Bertz CT molecular complexity index is 326. The van der Waals surface area contributed by atoms with Crippen molar-refractivity contribution in [3.8, 4) is 0 Å². The Balaban J connectivity index is 1.77. The predicted molar refractivity (Wildman–Crippen MR) is 71.0 cm³/mol. The second-order valence-electron chi connectivity index (χ2n) is 5.13. The van der Waals surface area contributed by atoms with Crippen molar-refractivity contribution in [1.29, 1.82) is 0 Å². The van der Waals surface area contributed by atoms with Crippen LogP contribution in [0.2, 0.25) is 0 Å². The smallest absolute Gasteiger partial charge is 0.0278 e. The number of hydrogen-bond acceptors (Lipinski definition) is 3. The van der Waals surface area contributed by atoms with Gasteiger partial charge in [-0.1, -0.05) is 6.42 Å². The van der Waals surface area contributed by atoms with Crippen LogP contribution in [-0.2, 0) is 6.54 Å². The van der Waals surface area contributed by atoms with Gasteiger partial charge in [0.15, 0.2) is 0 Å². The molecule has 0 aromatic carbocycles. The van der Waals surface area contributed by atoms with Crippen molar-refractivity contribution >= 4 is 11.3 Å². The molecule has 0 amide bonds. The summed E-state index contributed by atoms with van der Waals surface area (Å²) in [6.07, 6.45) is 3.99. The van der Waals surface area contributed by atoms with Gasteiger partial charge in [0.1, 0.15) is 0 Å². The Labute approximate surface area is 102 Å². The van der Waals surface area contributed by atoms with E-state index in [0.717, 1.165) is 13.1 Å². The second kappa shape index (κ2) is 5.30. The summed E-state index contributed by atoms with van der Waals surface area (Å²) in [5.74, 6) is 0. The zero-order chi connectivity index (χ0) is 11.4. The standard InChI is InChI=1S/C13H22N2S/c1-11-8-16-9-12(11)7-14-10-13(2)5-3-4-6-15-13/h8-9,14-15H,3-7,10H2,1-2H3. The SMILES string of the molecule is Cc1cscc1CNCC1(C)CCCCN1. The molecule has 1 atom stereocenters. The minimum Gasteiger partial charge on any atom is -0.311 e. The molecule has 90 valence electrons. The first-order valence-electron chi connectivity index (χ1n) is 6.17. The fourth-order valence-corrected chi connectivity index (χ4v) is 3.17. The van der Waals surface area contributed by atoms with Gasteiger partial charge >= 0.3 is 0 Å². The number of piperidine rings is 1. The highest BCUT2D eigenvalue weighted by Gasteiger charge is 2.25. The van der Waals surface area contributed by atoms with Crippen LogP contribution < -0.4 is 10.6 Å². The van der Waals surface area contributed by atoms with Crippen molar-refractivity contribution < 1.29 is 0 Å². The molecule has 0 spiro atoms. The number of nitrogens with one attached hydrogen (secondary N) is 2. The van der Waals surface area contributed by atoms with Gasteiger partial charge in [-0.15, -0.1) is 0 Å². The van der Waals surface area contributed by atoms with Crippen molar-refractivity contribution in [3.05, 3.63) is 21.9 Å². The Morgan fingerprint density at radius 2 is 2.31 bits per heavy atom. The quantitative estimate of drug-likeness (QED) is 0.843. The van der Waals surface area contributed by atoms with Gasteiger partial charge < -0.3 is 10.6 Å². The van der Waals surface area contributed by atoms with Crippen LogP contribution in [0, 0.1) is 6.92 Å². The van der Waals surface area contributed by atoms with E-state index in [0.29, 0.717) is 5.54 Å². The van der Waals surface area contributed by atoms with Crippen molar-refractivity contribution in [2.24, 2.45) is 0 Å². The molecule has 1 aliphatic rings. The average molecular weight is 238 g/mol. The van der Waals surface area contributed by atoms with E-state index in [2.05, 4.69) is 35.2 Å². The van der Waals surface area contributed by atoms with Crippen molar-refractivity contribution in [3.63, 3.8) is 0 Å². The minimum absolute atomic E-state index is 0.308. The molecule has 1 fully saturated rings. The van der Waals surface area contributed by atoms with Crippen LogP contribution in [0.1, 0.15) is 37.3 Å². The van der Waals surface area contributed by atoms with E-state index < -0.39 is 0 Å². The van der Waals surface area contributed by atoms with Crippen LogP contribution in [-0.4, -0.2) is 18.6 Å². The van der Waals surface area contributed by atoms with Gasteiger partial charge in [0.25, 0.3) is 0 Å². The Morgan fingerprint density at radius 3 is 2.94 bits per heavy atom. The molecule has 1 aliphatic heterocycles. The summed E-state index contributed by atoms with van der Waals surface area (Å²) < 4.78 is 0. The van der Waals surface area contributed by atoms with E-state index in [1.54, 1.807) is 11.3 Å². The van der Waals surface area contributed by atoms with E-state index in [1.165, 1.54) is 36.9 Å². The minimum atomic E-state index is 0.308. The van der Waals surface area contributed by atoms with E-state index in [9.17, 15) is 0 Å². The Kier molecular flexibility index (Phi) is 4.00. The molecule has 1 saturated heterocycles. The van der Waals surface area contributed by atoms with Gasteiger partial charge in [0.05, 0.1) is 0 Å². The van der Waals surface area contributed by atoms with Crippen molar-refractivity contribution in [1.82, 2.24) is 10.6 Å². The number of aryl methyl sites for hydroxylation is 1. The van der Waals surface area contributed by atoms with Crippen LogP contribution in [0.4, 0.5) is 0 Å². The molecular weight excluding hydrogens is 216 g/mol. The first-order chi connectivity index (χ1) is 7.70. The maximum absolute atomic E-state index is 3.63. The van der Waals surface area contributed by atoms with Crippen LogP contribution in [0.3, 0.4) is 0 Å². The van der Waals surface area contributed by atoms with E-state index >= 15 is 0 Å². The third-order valence-corrected chi connectivity index (χ3v) is 4.41. The van der Waals surface area contributed by atoms with Crippen LogP contribution in [0.5, 0.6) is 0 Å². The first-order valence-corrected chi connectivity index (χ1v) is 7.11. The molecule has 0 bridgehead atoms. The molecule has 0 saturated carbocycles. The summed E-state index contributed by atoms with van der Waals surface area (Å²) in [6, 6.07) is 0. The summed E-state index contributed by atoms with van der Waals surface area (Å²) in [5.41, 5.74) is 3.17. The van der Waals surface area contributed by atoms with Crippen LogP contribution in [0.25, 0.3) is 0 Å². The first kappa shape index (κ1) is 12.1. The van der Waals surface area contributed by atoms with Crippen molar-refractivity contribution in [2.45, 2.75) is 45.2 Å². The zero-order valence-electron chi connectivity index (χ0n) is 10.3. The highest BCUT2D eigenvalue weighted by Crippen LogP contribution is 2.18. The van der Waals surface area contributed by atoms with Gasteiger partial charge in [-0.05, 0) is 55.1 Å². The highest BCUT2D eigenvalue weighted by atomic mass is 32.1. The van der Waals surface area contributed by atoms with Gasteiger partial charge in [0, 0.05) is 18.6 Å². The van der Waals surface area contributed by atoms with Gasteiger partial charge in [-0.3, -0.25) is 0 Å². The lowest BCUT2D eigenvalue weighted by molar-refractivity contribution is 0.267. The third-order valence-electron chi connectivity index (χ3n) is 3.50. The summed E-state index contributed by atoms with van der Waals surface area (Å²) in [5, 5.41) is 11.7. The maximum atomic E-state index is 3.63. The molecule has 1 aromatic heterocycles. The molecule has 1 unspecified atom stereocenters. The fourth-order valence-electron chi connectivity index (χ4n) is 2.31. The number of rotatable bonds is 4. The zero-order valence-corrected chi connectivity index (χ0v) is 11.1. The van der Waals surface area contributed by atoms with Crippen molar-refractivity contribution in [2.75, 3.05) is 13.1 Å². The molecule has 0 radical (unpaired) electrons. The summed E-state index contributed by atoms with van der Waals surface area (Å²) in [6.45, 7) is 7.78. The topological polar surface area (TPSA) is 24.1 Å². The van der Waals surface area contributed by atoms with E-state index in [-0.39, 0.29) is 0 Å². The van der Waals surface area contributed by atoms with Crippen LogP contribution in [0.15, 0.2) is 10.8 Å². The normalized spacial score (nSPS) is 25.9. The average Bonchev–Trinajstić information content (AvgIpc) is 2.65. The molecule has 3 heteroatoms. The number of thiophene rings is 1. The predicted octanol–water partition coefficient (Wildman–Crippen LogP) is 2.68. The molecular formula is C13H22N2S. The summed E-state index contributed by atoms with van der Waals surface area (Å²) >= 11 is 1.80. The molecule has 16 heavy (non-hydrogen) atoms. The monoisotopic (exact) mass is 238 g/mol. The molecule has 0 aliphatic carbocycles. The van der Waals surface area contributed by atoms with E-state index in [1.807, 2.05) is 0 Å².